The second-order valence-electron chi connectivity index (χ2n) is 9.80. The van der Waals surface area contributed by atoms with E-state index in [1.807, 2.05) is 30.3 Å². The average Bonchev–Trinajstić information content (AvgIpc) is 3.00. The van der Waals surface area contributed by atoms with Crippen molar-refractivity contribution in [2.24, 2.45) is 0 Å². The molecule has 2 aromatic carbocycles. The molecule has 0 bridgehead atoms. The van der Waals surface area contributed by atoms with Gasteiger partial charge in [0, 0.05) is 13.0 Å². The molecule has 1 heterocycles. The van der Waals surface area contributed by atoms with Crippen LogP contribution in [0.4, 0.5) is 0 Å². The van der Waals surface area contributed by atoms with E-state index < -0.39 is 41.1 Å². The number of amides is 1. The van der Waals surface area contributed by atoms with Crippen molar-refractivity contribution >= 4 is 17.8 Å². The number of esters is 1. The lowest BCUT2D eigenvalue weighted by molar-refractivity contribution is -0.758. The van der Waals surface area contributed by atoms with E-state index in [1.54, 1.807) is 19.1 Å². The number of hydrogen-bond donors (Lipinski definition) is 2. The third-order valence-electron chi connectivity index (χ3n) is 6.97. The zero-order chi connectivity index (χ0) is 31.4. The summed E-state index contributed by atoms with van der Waals surface area (Å²) in [5.74, 6) is -1.30. The number of aliphatic carboxylic acids is 1. The number of carboxylic acid groups (broad SMARTS) is 1. The first-order chi connectivity index (χ1) is 20.6. The third-order valence-corrected chi connectivity index (χ3v) is 6.97. The molecule has 2 aromatic rings. The number of ether oxygens (including phenoxy) is 4. The van der Waals surface area contributed by atoms with Gasteiger partial charge in [0.2, 0.25) is 5.91 Å². The number of carbonyl (C=O) groups is 3. The zero-order valence-electron chi connectivity index (χ0n) is 24.4. The highest BCUT2D eigenvalue weighted by atomic mass is 17.0. The molecule has 0 fully saturated rings. The maximum Gasteiger partial charge on any atom is 0.329 e. The second-order valence-corrected chi connectivity index (χ2v) is 9.80. The summed E-state index contributed by atoms with van der Waals surface area (Å²) in [4.78, 5) is 54.8. The van der Waals surface area contributed by atoms with Crippen molar-refractivity contribution in [2.75, 3.05) is 40.6 Å². The van der Waals surface area contributed by atoms with Gasteiger partial charge in [-0.2, -0.15) is 0 Å². The standard InChI is InChI=1S/C29H37N3O11/c1-19(30-23(28(34)35)10-9-20-7-5-4-6-8-20)27(33)31-18-22-17-26(40-3)25(39-2)16-21(22)15-24(31)29(36)42-13-11-41-12-14-43-32(37)38/h4-8,16-17,19,23-24,30H,9-15,18H2,1-3H3,(H,34,35). The van der Waals surface area contributed by atoms with Crippen LogP contribution in [0.25, 0.3) is 0 Å². The fourth-order valence-electron chi connectivity index (χ4n) is 4.78. The maximum absolute atomic E-state index is 13.7. The third kappa shape index (κ3) is 9.54. The van der Waals surface area contributed by atoms with Gasteiger partial charge in [-0.25, -0.2) is 4.79 Å². The molecule has 0 spiro atoms. The summed E-state index contributed by atoms with van der Waals surface area (Å²) < 4.78 is 21.4. The van der Waals surface area contributed by atoms with Gasteiger partial charge >= 0.3 is 11.9 Å². The molecular weight excluding hydrogens is 566 g/mol. The average molecular weight is 604 g/mol. The normalized spacial score (nSPS) is 15.5. The SMILES string of the molecule is COc1cc2c(cc1OC)CN(C(=O)C(C)NC(CCc1ccccc1)C(=O)O)C(C(=O)OCCOCCO[N+](=O)[O-])C2. The molecule has 1 amide bonds. The fourth-order valence-corrected chi connectivity index (χ4v) is 4.78. The smallest absolute Gasteiger partial charge is 0.329 e. The van der Waals surface area contributed by atoms with Crippen molar-refractivity contribution in [1.29, 1.82) is 0 Å². The fraction of sp³-hybridized carbons (Fsp3) is 0.483. The number of carbonyl (C=O) groups excluding carboxylic acids is 2. The highest BCUT2D eigenvalue weighted by Gasteiger charge is 2.39. The number of aryl methyl sites for hydroxylation is 1. The van der Waals surface area contributed by atoms with Crippen LogP contribution >= 0.6 is 0 Å². The maximum atomic E-state index is 13.7. The van der Waals surface area contributed by atoms with E-state index in [4.69, 9.17) is 18.9 Å². The number of nitrogens with zero attached hydrogens (tertiary/aromatic N) is 2. The van der Waals surface area contributed by atoms with Crippen LogP contribution in [-0.4, -0.2) is 91.7 Å². The number of rotatable bonds is 17. The van der Waals surface area contributed by atoms with Crippen LogP contribution in [0.1, 0.15) is 30.0 Å². The van der Waals surface area contributed by atoms with E-state index in [1.165, 1.54) is 19.1 Å². The van der Waals surface area contributed by atoms with Crippen molar-refractivity contribution in [1.82, 2.24) is 10.2 Å². The molecule has 3 atom stereocenters. The molecule has 0 aromatic heterocycles. The van der Waals surface area contributed by atoms with Crippen LogP contribution in [0, 0.1) is 10.1 Å². The molecule has 0 saturated heterocycles. The van der Waals surface area contributed by atoms with Gasteiger partial charge < -0.3 is 33.8 Å². The second kappa shape index (κ2) is 16.3. The van der Waals surface area contributed by atoms with E-state index in [9.17, 15) is 29.6 Å². The van der Waals surface area contributed by atoms with Crippen LogP contribution in [0.3, 0.4) is 0 Å². The molecule has 14 heteroatoms. The Morgan fingerprint density at radius 1 is 1.05 bits per heavy atom. The quantitative estimate of drug-likeness (QED) is 0.116. The number of carboxylic acids is 1. The van der Waals surface area contributed by atoms with Crippen LogP contribution in [0.15, 0.2) is 42.5 Å². The van der Waals surface area contributed by atoms with Gasteiger partial charge in [-0.15, -0.1) is 10.1 Å². The predicted octanol–water partition coefficient (Wildman–Crippen LogP) is 1.79. The van der Waals surface area contributed by atoms with Crippen molar-refractivity contribution in [3.63, 3.8) is 0 Å². The van der Waals surface area contributed by atoms with Gasteiger partial charge in [-0.3, -0.25) is 14.9 Å². The van der Waals surface area contributed by atoms with E-state index in [-0.39, 0.29) is 45.8 Å². The molecule has 1 aliphatic rings. The summed E-state index contributed by atoms with van der Waals surface area (Å²) in [6, 6.07) is 10.00. The van der Waals surface area contributed by atoms with Crippen LogP contribution in [-0.2, 0) is 48.1 Å². The number of benzene rings is 2. The van der Waals surface area contributed by atoms with Gasteiger partial charge in [0.1, 0.15) is 25.3 Å². The Hall–Kier alpha value is -4.43. The molecule has 234 valence electrons. The van der Waals surface area contributed by atoms with Crippen molar-refractivity contribution in [3.8, 4) is 11.5 Å². The van der Waals surface area contributed by atoms with E-state index >= 15 is 0 Å². The van der Waals surface area contributed by atoms with Gasteiger partial charge in [-0.1, -0.05) is 30.3 Å². The zero-order valence-corrected chi connectivity index (χ0v) is 24.4. The van der Waals surface area contributed by atoms with Crippen LogP contribution in [0.5, 0.6) is 11.5 Å². The van der Waals surface area contributed by atoms with E-state index in [0.29, 0.717) is 17.9 Å². The first-order valence-electron chi connectivity index (χ1n) is 13.7. The number of fused-ring (bicyclic) bond motifs is 1. The van der Waals surface area contributed by atoms with E-state index in [2.05, 4.69) is 10.2 Å². The van der Waals surface area contributed by atoms with E-state index in [0.717, 1.165) is 16.7 Å². The Kier molecular flexibility index (Phi) is 12.5. The number of hydrogen-bond acceptors (Lipinski definition) is 11. The summed E-state index contributed by atoms with van der Waals surface area (Å²) in [7, 11) is 2.99. The molecule has 0 aliphatic carbocycles. The Bertz CT molecular complexity index is 1260. The van der Waals surface area contributed by atoms with Crippen molar-refractivity contribution in [3.05, 3.63) is 69.3 Å². The summed E-state index contributed by atoms with van der Waals surface area (Å²) >= 11 is 0. The Morgan fingerprint density at radius 3 is 2.33 bits per heavy atom. The highest BCUT2D eigenvalue weighted by molar-refractivity contribution is 5.89. The lowest BCUT2D eigenvalue weighted by Gasteiger charge is -2.37. The molecule has 3 rings (SSSR count). The summed E-state index contributed by atoms with van der Waals surface area (Å²) in [5, 5.41) is 22.0. The van der Waals surface area contributed by atoms with Gasteiger partial charge in [0.25, 0.3) is 5.09 Å². The molecular formula is C29H37N3O11. The van der Waals surface area contributed by atoms with Gasteiger partial charge in [-0.05, 0) is 48.6 Å². The minimum absolute atomic E-state index is 0.0330. The first kappa shape index (κ1) is 33.1. The Morgan fingerprint density at radius 2 is 1.70 bits per heavy atom. The summed E-state index contributed by atoms with van der Waals surface area (Å²) in [6.07, 6.45) is 0.884. The largest absolute Gasteiger partial charge is 0.493 e. The predicted molar refractivity (Wildman–Crippen MR) is 151 cm³/mol. The first-order valence-corrected chi connectivity index (χ1v) is 13.7. The van der Waals surface area contributed by atoms with Crippen molar-refractivity contribution < 1.29 is 48.4 Å². The van der Waals surface area contributed by atoms with Crippen LogP contribution in [0.2, 0.25) is 0 Å². The molecule has 1 aliphatic heterocycles. The lowest BCUT2D eigenvalue weighted by atomic mass is 9.92. The summed E-state index contributed by atoms with van der Waals surface area (Å²) in [5.41, 5.74) is 2.49. The highest BCUT2D eigenvalue weighted by Crippen LogP contribution is 2.35. The minimum atomic E-state index is -1.09. The molecule has 2 N–H and O–H groups in total. The molecule has 0 radical (unpaired) electrons. The molecule has 0 saturated carbocycles. The topological polar surface area (TPSA) is 176 Å². The monoisotopic (exact) mass is 603 g/mol. The molecule has 3 unspecified atom stereocenters. The van der Waals surface area contributed by atoms with Crippen molar-refractivity contribution in [2.45, 2.75) is 50.9 Å². The number of nitrogens with one attached hydrogen (secondary N) is 1. The Balaban J connectivity index is 1.73. The lowest BCUT2D eigenvalue weighted by Crippen LogP contribution is -2.56. The van der Waals surface area contributed by atoms with Gasteiger partial charge in [0.05, 0.1) is 33.5 Å². The minimum Gasteiger partial charge on any atom is -0.493 e. The molecule has 43 heavy (non-hydrogen) atoms. The molecule has 14 nitrogen and oxygen atoms in total. The summed E-state index contributed by atoms with van der Waals surface area (Å²) in [6.45, 7) is 1.10. The van der Waals surface area contributed by atoms with Gasteiger partial charge in [0.15, 0.2) is 11.5 Å². The van der Waals surface area contributed by atoms with Crippen LogP contribution < -0.4 is 14.8 Å². The number of methoxy groups -OCH3 is 2. The Labute approximate surface area is 248 Å².